The first-order valence-corrected chi connectivity index (χ1v) is 7.88. The molecule has 23 heavy (non-hydrogen) atoms. The van der Waals surface area contributed by atoms with Gasteiger partial charge in [0, 0.05) is 0 Å². The summed E-state index contributed by atoms with van der Waals surface area (Å²) in [6.07, 6.45) is 3.30. The highest BCUT2D eigenvalue weighted by Gasteiger charge is 2.48. The molecule has 2 atom stereocenters. The molecule has 1 heterocycles. The van der Waals surface area contributed by atoms with Crippen LogP contribution in [0.4, 0.5) is 10.1 Å². The molecule has 5 nitrogen and oxygen atoms in total. The maximum absolute atomic E-state index is 13.8. The Kier molecular flexibility index (Phi) is 4.15. The summed E-state index contributed by atoms with van der Waals surface area (Å²) in [6.45, 7) is 1.40. The average molecular weight is 318 g/mol. The molecule has 2 aliphatic rings. The van der Waals surface area contributed by atoms with E-state index >= 15 is 0 Å². The largest absolute Gasteiger partial charge is 0.322 e. The van der Waals surface area contributed by atoms with E-state index in [0.717, 1.165) is 23.3 Å². The van der Waals surface area contributed by atoms with E-state index in [1.165, 1.54) is 12.1 Å². The SMILES string of the molecule is Cc1ccc(NC(=O)CN2C(=O)[C@@H]3CCCC[C@H]3C2=O)c(F)c1. The van der Waals surface area contributed by atoms with Crippen molar-refractivity contribution >= 4 is 23.4 Å². The summed E-state index contributed by atoms with van der Waals surface area (Å²) in [6, 6.07) is 4.46. The summed E-state index contributed by atoms with van der Waals surface area (Å²) < 4.78 is 13.8. The molecule has 3 amide bonds. The van der Waals surface area contributed by atoms with Gasteiger partial charge in [0.15, 0.2) is 0 Å². The van der Waals surface area contributed by atoms with Crippen LogP contribution in [0.1, 0.15) is 31.2 Å². The lowest BCUT2D eigenvalue weighted by Gasteiger charge is -2.19. The first-order chi connectivity index (χ1) is 11.0. The third-order valence-corrected chi connectivity index (χ3v) is 4.63. The molecule has 6 heteroatoms. The van der Waals surface area contributed by atoms with Crippen molar-refractivity contribution in [3.8, 4) is 0 Å². The summed E-state index contributed by atoms with van der Waals surface area (Å²) in [5, 5.41) is 2.43. The average Bonchev–Trinajstić information content (AvgIpc) is 2.76. The number of hydrogen-bond donors (Lipinski definition) is 1. The lowest BCUT2D eigenvalue weighted by atomic mass is 9.81. The Morgan fingerprint density at radius 3 is 2.39 bits per heavy atom. The fraction of sp³-hybridized carbons (Fsp3) is 0.471. The van der Waals surface area contributed by atoms with Gasteiger partial charge in [-0.1, -0.05) is 18.9 Å². The molecule has 0 radical (unpaired) electrons. The van der Waals surface area contributed by atoms with Crippen LogP contribution in [-0.4, -0.2) is 29.2 Å². The Balaban J connectivity index is 1.68. The topological polar surface area (TPSA) is 66.5 Å². The number of halogens is 1. The molecular weight excluding hydrogens is 299 g/mol. The lowest BCUT2D eigenvalue weighted by molar-refractivity contribution is -0.142. The van der Waals surface area contributed by atoms with Crippen molar-refractivity contribution in [2.45, 2.75) is 32.6 Å². The van der Waals surface area contributed by atoms with Gasteiger partial charge in [0.05, 0.1) is 17.5 Å². The van der Waals surface area contributed by atoms with E-state index < -0.39 is 11.7 Å². The molecule has 1 saturated heterocycles. The summed E-state index contributed by atoms with van der Waals surface area (Å²) in [4.78, 5) is 37.7. The van der Waals surface area contributed by atoms with Gasteiger partial charge in [-0.05, 0) is 37.5 Å². The Morgan fingerprint density at radius 2 is 1.83 bits per heavy atom. The molecule has 1 N–H and O–H groups in total. The van der Waals surface area contributed by atoms with E-state index in [9.17, 15) is 18.8 Å². The molecule has 1 aliphatic carbocycles. The highest BCUT2D eigenvalue weighted by Crippen LogP contribution is 2.37. The molecule has 0 bridgehead atoms. The molecule has 0 unspecified atom stereocenters. The number of carbonyl (C=O) groups is 3. The van der Waals surface area contributed by atoms with E-state index in [2.05, 4.69) is 5.32 Å². The van der Waals surface area contributed by atoms with E-state index in [0.29, 0.717) is 12.8 Å². The van der Waals surface area contributed by atoms with Crippen molar-refractivity contribution in [2.75, 3.05) is 11.9 Å². The summed E-state index contributed by atoms with van der Waals surface area (Å²) in [5.74, 6) is -2.18. The number of likely N-dealkylation sites (tertiary alicyclic amines) is 1. The zero-order chi connectivity index (χ0) is 16.6. The predicted molar refractivity (Wildman–Crippen MR) is 81.9 cm³/mol. The molecule has 3 rings (SSSR count). The van der Waals surface area contributed by atoms with Crippen LogP contribution in [0.5, 0.6) is 0 Å². The monoisotopic (exact) mass is 318 g/mol. The molecule has 1 aromatic carbocycles. The molecule has 1 aliphatic heterocycles. The van der Waals surface area contributed by atoms with Crippen molar-refractivity contribution in [1.82, 2.24) is 4.90 Å². The zero-order valence-corrected chi connectivity index (χ0v) is 13.0. The number of nitrogens with one attached hydrogen (secondary N) is 1. The second kappa shape index (κ2) is 6.10. The van der Waals surface area contributed by atoms with E-state index in [-0.39, 0.29) is 35.9 Å². The van der Waals surface area contributed by atoms with E-state index in [4.69, 9.17) is 0 Å². The smallest absolute Gasteiger partial charge is 0.244 e. The number of benzene rings is 1. The van der Waals surface area contributed by atoms with E-state index in [1.807, 2.05) is 0 Å². The van der Waals surface area contributed by atoms with Crippen LogP contribution < -0.4 is 5.32 Å². The highest BCUT2D eigenvalue weighted by molar-refractivity contribution is 6.08. The minimum absolute atomic E-state index is 0.0529. The fourth-order valence-corrected chi connectivity index (χ4v) is 3.44. The van der Waals surface area contributed by atoms with Crippen molar-refractivity contribution in [3.05, 3.63) is 29.6 Å². The minimum atomic E-state index is -0.562. The Labute approximate surface area is 133 Å². The first kappa shape index (κ1) is 15.6. The van der Waals surface area contributed by atoms with Gasteiger partial charge in [-0.3, -0.25) is 19.3 Å². The number of amides is 3. The zero-order valence-electron chi connectivity index (χ0n) is 13.0. The van der Waals surface area contributed by atoms with Crippen LogP contribution >= 0.6 is 0 Å². The van der Waals surface area contributed by atoms with Crippen LogP contribution in [0.25, 0.3) is 0 Å². The Morgan fingerprint density at radius 1 is 1.22 bits per heavy atom. The number of aryl methyl sites for hydroxylation is 1. The number of fused-ring (bicyclic) bond motifs is 1. The molecule has 0 spiro atoms. The highest BCUT2D eigenvalue weighted by atomic mass is 19.1. The third-order valence-electron chi connectivity index (χ3n) is 4.63. The number of hydrogen-bond acceptors (Lipinski definition) is 3. The van der Waals surface area contributed by atoms with Gasteiger partial charge in [0.25, 0.3) is 0 Å². The summed E-state index contributed by atoms with van der Waals surface area (Å²) in [5.41, 5.74) is 0.798. The third kappa shape index (κ3) is 2.98. The number of anilines is 1. The number of imide groups is 1. The van der Waals surface area contributed by atoms with Crippen LogP contribution in [-0.2, 0) is 14.4 Å². The van der Waals surface area contributed by atoms with Crippen LogP contribution in [0.3, 0.4) is 0 Å². The fourth-order valence-electron chi connectivity index (χ4n) is 3.44. The van der Waals surface area contributed by atoms with Gasteiger partial charge >= 0.3 is 0 Å². The molecule has 1 aromatic rings. The van der Waals surface area contributed by atoms with E-state index in [1.54, 1.807) is 13.0 Å². The van der Waals surface area contributed by atoms with Gasteiger partial charge in [0.2, 0.25) is 17.7 Å². The van der Waals surface area contributed by atoms with Gasteiger partial charge in [-0.2, -0.15) is 0 Å². The maximum atomic E-state index is 13.8. The normalized spacial score (nSPS) is 23.8. The first-order valence-electron chi connectivity index (χ1n) is 7.88. The summed E-state index contributed by atoms with van der Waals surface area (Å²) in [7, 11) is 0. The number of rotatable bonds is 3. The molecule has 122 valence electrons. The van der Waals surface area contributed by atoms with Gasteiger partial charge in [0.1, 0.15) is 12.4 Å². The lowest BCUT2D eigenvalue weighted by Crippen LogP contribution is -2.38. The standard InChI is InChI=1S/C17H19FN2O3/c1-10-6-7-14(13(18)8-10)19-15(21)9-20-16(22)11-4-2-3-5-12(11)17(20)23/h6-8,11-12H,2-5,9H2,1H3,(H,19,21)/t11-,12-/m1/s1. The second-order valence-electron chi connectivity index (χ2n) is 6.29. The van der Waals surface area contributed by atoms with Crippen molar-refractivity contribution in [3.63, 3.8) is 0 Å². The predicted octanol–water partition coefficient (Wildman–Crippen LogP) is 2.25. The van der Waals surface area contributed by atoms with Crippen LogP contribution in [0.15, 0.2) is 18.2 Å². The molecule has 1 saturated carbocycles. The Hall–Kier alpha value is -2.24. The van der Waals surface area contributed by atoms with Crippen LogP contribution in [0, 0.1) is 24.6 Å². The van der Waals surface area contributed by atoms with Gasteiger partial charge < -0.3 is 5.32 Å². The van der Waals surface area contributed by atoms with Gasteiger partial charge in [-0.15, -0.1) is 0 Å². The van der Waals surface area contributed by atoms with Crippen molar-refractivity contribution in [2.24, 2.45) is 11.8 Å². The molecule has 0 aromatic heterocycles. The number of nitrogens with zero attached hydrogens (tertiary/aromatic N) is 1. The number of carbonyl (C=O) groups excluding carboxylic acids is 3. The van der Waals surface area contributed by atoms with Crippen molar-refractivity contribution < 1.29 is 18.8 Å². The quantitative estimate of drug-likeness (QED) is 0.869. The Bertz CT molecular complexity index is 650. The minimum Gasteiger partial charge on any atom is -0.322 e. The summed E-state index contributed by atoms with van der Waals surface area (Å²) >= 11 is 0. The van der Waals surface area contributed by atoms with Crippen molar-refractivity contribution in [1.29, 1.82) is 0 Å². The van der Waals surface area contributed by atoms with Crippen LogP contribution in [0.2, 0.25) is 0 Å². The molecular formula is C17H19FN2O3. The second-order valence-corrected chi connectivity index (χ2v) is 6.29. The maximum Gasteiger partial charge on any atom is 0.244 e. The molecule has 2 fully saturated rings. The van der Waals surface area contributed by atoms with Gasteiger partial charge in [-0.25, -0.2) is 4.39 Å².